The summed E-state index contributed by atoms with van der Waals surface area (Å²) in [4.78, 5) is 0. The molecule has 1 aromatic heterocycles. The second-order valence-electron chi connectivity index (χ2n) is 4.54. The van der Waals surface area contributed by atoms with Gasteiger partial charge in [0.1, 0.15) is 5.76 Å². The Hall–Kier alpha value is -1.65. The van der Waals surface area contributed by atoms with Crippen LogP contribution in [0.3, 0.4) is 0 Å². The molecule has 2 N–H and O–H groups in total. The van der Waals surface area contributed by atoms with Gasteiger partial charge in [0, 0.05) is 12.1 Å². The first-order chi connectivity index (χ1) is 9.26. The summed E-state index contributed by atoms with van der Waals surface area (Å²) >= 11 is 0. The summed E-state index contributed by atoms with van der Waals surface area (Å²) in [6, 6.07) is 9.87. The Balaban J connectivity index is 2.06. The van der Waals surface area contributed by atoms with Gasteiger partial charge in [-0.2, -0.15) is 0 Å². The van der Waals surface area contributed by atoms with E-state index in [-0.39, 0.29) is 12.6 Å². The van der Waals surface area contributed by atoms with E-state index in [2.05, 4.69) is 17.4 Å². The fraction of sp³-hybridized carbons (Fsp3) is 0.400. The first-order valence-corrected chi connectivity index (χ1v) is 6.59. The van der Waals surface area contributed by atoms with Gasteiger partial charge in [-0.05, 0) is 18.9 Å². The van der Waals surface area contributed by atoms with Crippen molar-refractivity contribution in [1.29, 1.82) is 0 Å². The van der Waals surface area contributed by atoms with Crippen LogP contribution in [0.5, 0.6) is 0 Å². The molecule has 4 nitrogen and oxygen atoms in total. The van der Waals surface area contributed by atoms with Gasteiger partial charge < -0.3 is 14.9 Å². The number of aliphatic hydroxyl groups excluding tert-OH is 1. The zero-order chi connectivity index (χ0) is 13.7. The number of hydrogen-bond acceptors (Lipinski definition) is 4. The van der Waals surface area contributed by atoms with E-state index in [4.69, 9.17) is 4.52 Å². The highest BCUT2D eigenvalue weighted by atomic mass is 16.5. The molecule has 1 aromatic carbocycles. The lowest BCUT2D eigenvalue weighted by molar-refractivity contribution is 0.243. The molecular formula is C15H20N2O2. The van der Waals surface area contributed by atoms with Crippen LogP contribution >= 0.6 is 0 Å². The van der Waals surface area contributed by atoms with Crippen LogP contribution in [-0.4, -0.2) is 16.9 Å². The molecule has 0 saturated carbocycles. The molecule has 0 aliphatic rings. The fourth-order valence-corrected chi connectivity index (χ4v) is 2.14. The van der Waals surface area contributed by atoms with Crippen LogP contribution < -0.4 is 5.32 Å². The molecule has 0 aliphatic heterocycles. The largest absolute Gasteiger partial charge is 0.394 e. The van der Waals surface area contributed by atoms with Crippen molar-refractivity contribution in [1.82, 2.24) is 10.5 Å². The lowest BCUT2D eigenvalue weighted by Gasteiger charge is -2.16. The van der Waals surface area contributed by atoms with Crippen molar-refractivity contribution >= 4 is 0 Å². The van der Waals surface area contributed by atoms with E-state index in [0.717, 1.165) is 29.0 Å². The Morgan fingerprint density at radius 2 is 2.05 bits per heavy atom. The Morgan fingerprint density at radius 1 is 1.32 bits per heavy atom. The van der Waals surface area contributed by atoms with Crippen molar-refractivity contribution in [2.45, 2.75) is 32.9 Å². The van der Waals surface area contributed by atoms with E-state index >= 15 is 0 Å². The highest BCUT2D eigenvalue weighted by Gasteiger charge is 2.14. The number of rotatable bonds is 6. The maximum atomic E-state index is 9.50. The van der Waals surface area contributed by atoms with Gasteiger partial charge in [0.2, 0.25) is 0 Å². The Kier molecular flexibility index (Phi) is 4.71. The quantitative estimate of drug-likeness (QED) is 0.837. The van der Waals surface area contributed by atoms with Crippen molar-refractivity contribution in [2.24, 2.45) is 0 Å². The van der Waals surface area contributed by atoms with Crippen LogP contribution in [0.1, 0.15) is 35.5 Å². The number of benzene rings is 1. The molecule has 0 radical (unpaired) electrons. The van der Waals surface area contributed by atoms with Crippen molar-refractivity contribution in [3.63, 3.8) is 0 Å². The minimum atomic E-state index is -0.0693. The maximum absolute atomic E-state index is 9.50. The standard InChI is InChI=1S/C15H20N2O2/c1-3-14-13(11(2)19-17-14)9-16-15(10-18)12-7-5-4-6-8-12/h4-8,15-16,18H,3,9-10H2,1-2H3/t15-/m1/s1. The lowest BCUT2D eigenvalue weighted by atomic mass is 10.1. The molecule has 1 heterocycles. The molecule has 0 amide bonds. The lowest BCUT2D eigenvalue weighted by Crippen LogP contribution is -2.24. The zero-order valence-electron chi connectivity index (χ0n) is 11.4. The van der Waals surface area contributed by atoms with Gasteiger partial charge in [-0.25, -0.2) is 0 Å². The first-order valence-electron chi connectivity index (χ1n) is 6.59. The van der Waals surface area contributed by atoms with Crippen molar-refractivity contribution in [2.75, 3.05) is 6.61 Å². The van der Waals surface area contributed by atoms with Gasteiger partial charge in [0.15, 0.2) is 0 Å². The third-order valence-corrected chi connectivity index (χ3v) is 3.31. The van der Waals surface area contributed by atoms with Crippen molar-refractivity contribution in [3.05, 3.63) is 52.9 Å². The third-order valence-electron chi connectivity index (χ3n) is 3.31. The Labute approximate surface area is 113 Å². The minimum Gasteiger partial charge on any atom is -0.394 e. The first kappa shape index (κ1) is 13.8. The number of aryl methyl sites for hydroxylation is 2. The fourth-order valence-electron chi connectivity index (χ4n) is 2.14. The minimum absolute atomic E-state index is 0.0653. The van der Waals surface area contributed by atoms with Gasteiger partial charge in [0.05, 0.1) is 18.3 Å². The molecule has 0 saturated heterocycles. The van der Waals surface area contributed by atoms with Crippen LogP contribution in [0.25, 0.3) is 0 Å². The highest BCUT2D eigenvalue weighted by Crippen LogP contribution is 2.17. The number of nitrogens with zero attached hydrogens (tertiary/aromatic N) is 1. The van der Waals surface area contributed by atoms with E-state index in [0.29, 0.717) is 6.54 Å². The molecule has 2 aromatic rings. The molecule has 2 rings (SSSR count). The number of aromatic nitrogens is 1. The van der Waals surface area contributed by atoms with E-state index in [9.17, 15) is 5.11 Å². The summed E-state index contributed by atoms with van der Waals surface area (Å²) in [6.07, 6.45) is 0.851. The molecule has 0 bridgehead atoms. The second kappa shape index (κ2) is 6.50. The second-order valence-corrected chi connectivity index (χ2v) is 4.54. The predicted octanol–water partition coefficient (Wildman–Crippen LogP) is 2.37. The average Bonchev–Trinajstić information content (AvgIpc) is 2.81. The van der Waals surface area contributed by atoms with Gasteiger partial charge in [-0.1, -0.05) is 42.4 Å². The van der Waals surface area contributed by atoms with Crippen molar-refractivity contribution < 1.29 is 9.63 Å². The topological polar surface area (TPSA) is 58.3 Å². The number of aliphatic hydroxyl groups is 1. The SMILES string of the molecule is CCc1noc(C)c1CN[C@H](CO)c1ccccc1. The van der Waals surface area contributed by atoms with Crippen LogP contribution in [0, 0.1) is 6.92 Å². The molecule has 19 heavy (non-hydrogen) atoms. The number of nitrogens with one attached hydrogen (secondary N) is 1. The molecule has 0 spiro atoms. The van der Waals surface area contributed by atoms with Crippen molar-refractivity contribution in [3.8, 4) is 0 Å². The summed E-state index contributed by atoms with van der Waals surface area (Å²) in [5.41, 5.74) is 3.16. The summed E-state index contributed by atoms with van der Waals surface area (Å²) in [7, 11) is 0. The van der Waals surface area contributed by atoms with Gasteiger partial charge in [0.25, 0.3) is 0 Å². The summed E-state index contributed by atoms with van der Waals surface area (Å²) in [5.74, 6) is 0.842. The summed E-state index contributed by atoms with van der Waals surface area (Å²) in [5, 5.41) is 16.9. The van der Waals surface area contributed by atoms with Crippen LogP contribution in [-0.2, 0) is 13.0 Å². The van der Waals surface area contributed by atoms with E-state index < -0.39 is 0 Å². The molecular weight excluding hydrogens is 240 g/mol. The predicted molar refractivity (Wildman–Crippen MR) is 73.7 cm³/mol. The highest BCUT2D eigenvalue weighted by molar-refractivity contribution is 5.23. The molecule has 0 aliphatic carbocycles. The van der Waals surface area contributed by atoms with Gasteiger partial charge >= 0.3 is 0 Å². The Bertz CT molecular complexity index is 508. The molecule has 0 unspecified atom stereocenters. The van der Waals surface area contributed by atoms with Crippen LogP contribution in [0.15, 0.2) is 34.9 Å². The van der Waals surface area contributed by atoms with Gasteiger partial charge in [-0.3, -0.25) is 0 Å². The normalized spacial score (nSPS) is 12.6. The summed E-state index contributed by atoms with van der Waals surface area (Å²) in [6.45, 7) is 4.69. The molecule has 1 atom stereocenters. The summed E-state index contributed by atoms with van der Waals surface area (Å²) < 4.78 is 5.21. The molecule has 4 heteroatoms. The van der Waals surface area contributed by atoms with Crippen LogP contribution in [0.2, 0.25) is 0 Å². The van der Waals surface area contributed by atoms with E-state index in [1.165, 1.54) is 0 Å². The third kappa shape index (κ3) is 3.22. The average molecular weight is 260 g/mol. The molecule has 102 valence electrons. The smallest absolute Gasteiger partial charge is 0.138 e. The number of hydrogen-bond donors (Lipinski definition) is 2. The zero-order valence-corrected chi connectivity index (χ0v) is 11.4. The maximum Gasteiger partial charge on any atom is 0.138 e. The van der Waals surface area contributed by atoms with E-state index in [1.54, 1.807) is 0 Å². The monoisotopic (exact) mass is 260 g/mol. The van der Waals surface area contributed by atoms with Crippen LogP contribution in [0.4, 0.5) is 0 Å². The van der Waals surface area contributed by atoms with E-state index in [1.807, 2.05) is 37.3 Å². The van der Waals surface area contributed by atoms with Gasteiger partial charge in [-0.15, -0.1) is 0 Å². The molecule has 0 fully saturated rings. The Morgan fingerprint density at radius 3 is 2.68 bits per heavy atom.